The average Bonchev–Trinajstić information content (AvgIpc) is 2.03. The summed E-state index contributed by atoms with van der Waals surface area (Å²) >= 11 is 0. The SMILES string of the molecule is C#Cc1cnc(C(C)C)c(N)c1. The molecule has 2 nitrogen and oxygen atoms in total. The van der Waals surface area contributed by atoms with Crippen molar-refractivity contribution < 1.29 is 0 Å². The minimum atomic E-state index is 0.344. The van der Waals surface area contributed by atoms with Crippen LogP contribution < -0.4 is 5.73 Å². The van der Waals surface area contributed by atoms with Crippen LogP contribution in [0.5, 0.6) is 0 Å². The molecule has 0 amide bonds. The van der Waals surface area contributed by atoms with Crippen LogP contribution in [0.1, 0.15) is 31.0 Å². The number of pyridine rings is 1. The summed E-state index contributed by atoms with van der Waals surface area (Å²) in [7, 11) is 0. The number of hydrogen-bond acceptors (Lipinski definition) is 2. The van der Waals surface area contributed by atoms with Crippen molar-refractivity contribution in [3.05, 3.63) is 23.5 Å². The molecule has 62 valence electrons. The van der Waals surface area contributed by atoms with E-state index in [1.165, 1.54) is 0 Å². The zero-order valence-corrected chi connectivity index (χ0v) is 7.33. The minimum absolute atomic E-state index is 0.344. The van der Waals surface area contributed by atoms with E-state index in [4.69, 9.17) is 12.2 Å². The Morgan fingerprint density at radius 3 is 2.67 bits per heavy atom. The van der Waals surface area contributed by atoms with Gasteiger partial charge in [-0.15, -0.1) is 6.42 Å². The first-order valence-electron chi connectivity index (χ1n) is 3.87. The zero-order valence-electron chi connectivity index (χ0n) is 7.33. The summed E-state index contributed by atoms with van der Waals surface area (Å²) < 4.78 is 0. The number of nitrogens with zero attached hydrogens (tertiary/aromatic N) is 1. The Kier molecular flexibility index (Phi) is 2.35. The Morgan fingerprint density at radius 2 is 2.25 bits per heavy atom. The molecule has 1 rings (SSSR count). The summed E-state index contributed by atoms with van der Waals surface area (Å²) in [5, 5.41) is 0. The Hall–Kier alpha value is -1.49. The molecule has 1 aromatic heterocycles. The van der Waals surface area contributed by atoms with Crippen molar-refractivity contribution in [1.82, 2.24) is 4.98 Å². The third-order valence-electron chi connectivity index (χ3n) is 1.66. The number of terminal acetylenes is 1. The molecule has 2 heteroatoms. The molecule has 0 aromatic carbocycles. The van der Waals surface area contributed by atoms with Gasteiger partial charge in [0.1, 0.15) is 0 Å². The molecule has 1 heterocycles. The van der Waals surface area contributed by atoms with E-state index in [-0.39, 0.29) is 0 Å². The average molecular weight is 160 g/mol. The predicted molar refractivity (Wildman–Crippen MR) is 50.7 cm³/mol. The van der Waals surface area contributed by atoms with Gasteiger partial charge in [-0.2, -0.15) is 0 Å². The quantitative estimate of drug-likeness (QED) is 0.636. The van der Waals surface area contributed by atoms with Gasteiger partial charge in [0, 0.05) is 11.8 Å². The van der Waals surface area contributed by atoms with Gasteiger partial charge in [0.25, 0.3) is 0 Å². The molecule has 0 atom stereocenters. The molecule has 0 aliphatic carbocycles. The third kappa shape index (κ3) is 1.57. The second-order valence-corrected chi connectivity index (χ2v) is 3.00. The van der Waals surface area contributed by atoms with Crippen LogP contribution in [0.15, 0.2) is 12.3 Å². The van der Waals surface area contributed by atoms with E-state index in [9.17, 15) is 0 Å². The minimum Gasteiger partial charge on any atom is -0.397 e. The third-order valence-corrected chi connectivity index (χ3v) is 1.66. The fourth-order valence-electron chi connectivity index (χ4n) is 1.05. The van der Waals surface area contributed by atoms with E-state index in [1.807, 2.05) is 13.8 Å². The maximum atomic E-state index is 5.74. The largest absolute Gasteiger partial charge is 0.397 e. The Labute approximate surface area is 72.8 Å². The van der Waals surface area contributed by atoms with Crippen LogP contribution in [0, 0.1) is 12.3 Å². The molecule has 0 aliphatic heterocycles. The van der Waals surface area contributed by atoms with E-state index < -0.39 is 0 Å². The Morgan fingerprint density at radius 1 is 1.58 bits per heavy atom. The normalized spacial score (nSPS) is 9.83. The van der Waals surface area contributed by atoms with Gasteiger partial charge in [0.2, 0.25) is 0 Å². The van der Waals surface area contributed by atoms with Crippen molar-refractivity contribution in [3.8, 4) is 12.3 Å². The molecule has 1 aromatic rings. The maximum absolute atomic E-state index is 5.74. The first-order chi connectivity index (χ1) is 5.65. The van der Waals surface area contributed by atoms with E-state index in [2.05, 4.69) is 10.9 Å². The fraction of sp³-hybridized carbons (Fsp3) is 0.300. The standard InChI is InChI=1S/C10H12N2/c1-4-8-5-9(11)10(7(2)3)12-6-8/h1,5-7H,11H2,2-3H3. The van der Waals surface area contributed by atoms with Crippen LogP contribution in [0.25, 0.3) is 0 Å². The van der Waals surface area contributed by atoms with E-state index in [0.29, 0.717) is 11.6 Å². The summed E-state index contributed by atoms with van der Waals surface area (Å²) in [4.78, 5) is 4.18. The lowest BCUT2D eigenvalue weighted by Crippen LogP contribution is -2.00. The molecule has 0 saturated carbocycles. The monoisotopic (exact) mass is 160 g/mol. The fourth-order valence-corrected chi connectivity index (χ4v) is 1.05. The number of aromatic nitrogens is 1. The van der Waals surface area contributed by atoms with E-state index >= 15 is 0 Å². The van der Waals surface area contributed by atoms with E-state index in [1.54, 1.807) is 12.3 Å². The molecule has 0 spiro atoms. The van der Waals surface area contributed by atoms with Crippen molar-refractivity contribution in [2.45, 2.75) is 19.8 Å². The number of nitrogen functional groups attached to an aromatic ring is 1. The topological polar surface area (TPSA) is 38.9 Å². The molecule has 12 heavy (non-hydrogen) atoms. The van der Waals surface area contributed by atoms with Crippen LogP contribution >= 0.6 is 0 Å². The summed E-state index contributed by atoms with van der Waals surface area (Å²) in [5.74, 6) is 2.84. The summed E-state index contributed by atoms with van der Waals surface area (Å²) in [6.07, 6.45) is 6.87. The van der Waals surface area contributed by atoms with Crippen LogP contribution in [0.2, 0.25) is 0 Å². The number of rotatable bonds is 1. The van der Waals surface area contributed by atoms with Crippen LogP contribution in [0.3, 0.4) is 0 Å². The van der Waals surface area contributed by atoms with Gasteiger partial charge in [-0.25, -0.2) is 0 Å². The van der Waals surface area contributed by atoms with Gasteiger partial charge in [0.15, 0.2) is 0 Å². The summed E-state index contributed by atoms with van der Waals surface area (Å²) in [6, 6.07) is 1.78. The molecule has 0 aliphatic rings. The van der Waals surface area contributed by atoms with Crippen molar-refractivity contribution in [3.63, 3.8) is 0 Å². The Balaban J connectivity index is 3.14. The zero-order chi connectivity index (χ0) is 9.14. The highest BCUT2D eigenvalue weighted by Crippen LogP contribution is 2.19. The van der Waals surface area contributed by atoms with Gasteiger partial charge in [0.05, 0.1) is 11.4 Å². The van der Waals surface area contributed by atoms with Crippen LogP contribution in [-0.2, 0) is 0 Å². The van der Waals surface area contributed by atoms with Crippen LogP contribution in [-0.4, -0.2) is 4.98 Å². The second kappa shape index (κ2) is 3.27. The van der Waals surface area contributed by atoms with Crippen molar-refractivity contribution in [1.29, 1.82) is 0 Å². The van der Waals surface area contributed by atoms with Crippen molar-refractivity contribution in [2.24, 2.45) is 0 Å². The first kappa shape index (κ1) is 8.61. The van der Waals surface area contributed by atoms with E-state index in [0.717, 1.165) is 11.3 Å². The highest BCUT2D eigenvalue weighted by atomic mass is 14.7. The van der Waals surface area contributed by atoms with Crippen LogP contribution in [0.4, 0.5) is 5.69 Å². The second-order valence-electron chi connectivity index (χ2n) is 3.00. The molecular formula is C10H12N2. The smallest absolute Gasteiger partial charge is 0.0658 e. The van der Waals surface area contributed by atoms with Crippen molar-refractivity contribution >= 4 is 5.69 Å². The van der Waals surface area contributed by atoms with Gasteiger partial charge < -0.3 is 5.73 Å². The predicted octanol–water partition coefficient (Wildman–Crippen LogP) is 1.77. The molecule has 0 bridgehead atoms. The summed E-state index contributed by atoms with van der Waals surface area (Å²) in [5.41, 5.74) is 8.07. The highest BCUT2D eigenvalue weighted by Gasteiger charge is 2.05. The van der Waals surface area contributed by atoms with Gasteiger partial charge in [-0.05, 0) is 12.0 Å². The van der Waals surface area contributed by atoms with Gasteiger partial charge in [-0.3, -0.25) is 4.98 Å². The number of nitrogens with two attached hydrogens (primary N) is 1. The maximum Gasteiger partial charge on any atom is 0.0658 e. The van der Waals surface area contributed by atoms with Gasteiger partial charge in [-0.1, -0.05) is 19.8 Å². The highest BCUT2D eigenvalue weighted by molar-refractivity contribution is 5.49. The van der Waals surface area contributed by atoms with Gasteiger partial charge >= 0.3 is 0 Å². The summed E-state index contributed by atoms with van der Waals surface area (Å²) in [6.45, 7) is 4.10. The molecule has 2 N–H and O–H groups in total. The Bertz CT molecular complexity index is 321. The number of anilines is 1. The van der Waals surface area contributed by atoms with Crippen molar-refractivity contribution in [2.75, 3.05) is 5.73 Å². The molecule has 0 unspecified atom stereocenters. The molecule has 0 radical (unpaired) electrons. The molecule has 0 fully saturated rings. The first-order valence-corrected chi connectivity index (χ1v) is 3.87. The lowest BCUT2D eigenvalue weighted by Gasteiger charge is -2.07. The lowest BCUT2D eigenvalue weighted by molar-refractivity contribution is 0.826. The number of hydrogen-bond donors (Lipinski definition) is 1. The molecular weight excluding hydrogens is 148 g/mol. The molecule has 0 saturated heterocycles. The lowest BCUT2D eigenvalue weighted by atomic mass is 10.1.